The van der Waals surface area contributed by atoms with E-state index in [-0.39, 0.29) is 0 Å². The highest BCUT2D eigenvalue weighted by Crippen LogP contribution is 2.30. The minimum atomic E-state index is -3.26. The minimum Gasteiger partial charge on any atom is -0.312 e. The molecule has 6 heteroatoms. The Morgan fingerprint density at radius 1 is 1.00 bits per heavy atom. The number of nitrogens with zero attached hydrogens (tertiary/aromatic N) is 2. The molecule has 3 heterocycles. The molecule has 0 aromatic heterocycles. The van der Waals surface area contributed by atoms with Gasteiger partial charge in [-0.05, 0) is 43.6 Å². The molecule has 20 heavy (non-hydrogen) atoms. The zero-order chi connectivity index (χ0) is 14.3. The van der Waals surface area contributed by atoms with Crippen LogP contribution in [0.3, 0.4) is 0 Å². The van der Waals surface area contributed by atoms with Gasteiger partial charge in [0.1, 0.15) is 0 Å². The molecule has 0 aliphatic carbocycles. The van der Waals surface area contributed by atoms with Gasteiger partial charge in [0.05, 0.1) is 0 Å². The first-order chi connectivity index (χ1) is 9.46. The van der Waals surface area contributed by atoms with E-state index < -0.39 is 10.2 Å². The van der Waals surface area contributed by atoms with Gasteiger partial charge in [0.2, 0.25) is 0 Å². The average molecular weight is 301 g/mol. The lowest BCUT2D eigenvalue weighted by Crippen LogP contribution is -2.49. The molecular weight excluding hydrogens is 274 g/mol. The number of rotatable bonds is 2. The smallest absolute Gasteiger partial charge is 0.282 e. The molecule has 116 valence electrons. The molecule has 3 aliphatic heterocycles. The molecule has 0 saturated carbocycles. The van der Waals surface area contributed by atoms with Crippen molar-refractivity contribution >= 4 is 10.2 Å². The minimum absolute atomic E-state index is 0.373. The van der Waals surface area contributed by atoms with E-state index in [9.17, 15) is 8.42 Å². The van der Waals surface area contributed by atoms with Crippen LogP contribution in [0, 0.1) is 17.8 Å². The third-order valence-electron chi connectivity index (χ3n) is 5.05. The molecule has 0 spiro atoms. The molecular formula is C14H27N3O2S. The normalized spacial score (nSPS) is 40.7. The molecule has 5 nitrogen and oxygen atoms in total. The summed E-state index contributed by atoms with van der Waals surface area (Å²) in [5.74, 6) is 1.45. The van der Waals surface area contributed by atoms with Gasteiger partial charge in [-0.2, -0.15) is 17.0 Å². The largest absolute Gasteiger partial charge is 0.312 e. The maximum Gasteiger partial charge on any atom is 0.282 e. The zero-order valence-electron chi connectivity index (χ0n) is 12.6. The van der Waals surface area contributed by atoms with Gasteiger partial charge in [-0.25, -0.2) is 0 Å². The Bertz CT molecular complexity index is 429. The fourth-order valence-electron chi connectivity index (χ4n) is 4.15. The lowest BCUT2D eigenvalue weighted by Gasteiger charge is -2.36. The first kappa shape index (κ1) is 14.8. The van der Waals surface area contributed by atoms with Gasteiger partial charge >= 0.3 is 0 Å². The van der Waals surface area contributed by atoms with Crippen molar-refractivity contribution in [3.63, 3.8) is 0 Å². The zero-order valence-corrected chi connectivity index (χ0v) is 13.4. The number of piperidine rings is 2. The quantitative estimate of drug-likeness (QED) is 0.824. The lowest BCUT2D eigenvalue weighted by atomic mass is 9.94. The summed E-state index contributed by atoms with van der Waals surface area (Å²) in [6.45, 7) is 8.09. The topological polar surface area (TPSA) is 52.7 Å². The number of hydrogen-bond acceptors (Lipinski definition) is 3. The van der Waals surface area contributed by atoms with Crippen LogP contribution in [-0.2, 0) is 10.2 Å². The van der Waals surface area contributed by atoms with Crippen LogP contribution in [0.4, 0.5) is 0 Å². The Hall–Kier alpha value is -0.170. The van der Waals surface area contributed by atoms with E-state index in [2.05, 4.69) is 19.2 Å². The summed E-state index contributed by atoms with van der Waals surface area (Å²) in [6, 6.07) is 0.373. The van der Waals surface area contributed by atoms with Crippen LogP contribution in [-0.4, -0.2) is 55.8 Å². The van der Waals surface area contributed by atoms with Crippen molar-refractivity contribution in [2.24, 2.45) is 17.8 Å². The van der Waals surface area contributed by atoms with Crippen molar-refractivity contribution in [2.75, 3.05) is 32.7 Å². The summed E-state index contributed by atoms with van der Waals surface area (Å²) >= 11 is 0. The molecule has 3 fully saturated rings. The van der Waals surface area contributed by atoms with Crippen molar-refractivity contribution in [3.8, 4) is 0 Å². The number of fused-ring (bicyclic) bond motifs is 1. The van der Waals surface area contributed by atoms with E-state index in [1.54, 1.807) is 8.61 Å². The van der Waals surface area contributed by atoms with E-state index in [1.807, 2.05) is 0 Å². The van der Waals surface area contributed by atoms with Gasteiger partial charge in [-0.1, -0.05) is 13.8 Å². The first-order valence-electron chi connectivity index (χ1n) is 7.95. The van der Waals surface area contributed by atoms with Gasteiger partial charge < -0.3 is 5.32 Å². The van der Waals surface area contributed by atoms with Crippen molar-refractivity contribution in [3.05, 3.63) is 0 Å². The monoisotopic (exact) mass is 301 g/mol. The molecule has 3 aliphatic rings. The summed E-state index contributed by atoms with van der Waals surface area (Å²) in [7, 11) is -3.26. The van der Waals surface area contributed by atoms with E-state index in [0.29, 0.717) is 50.0 Å². The number of hydrogen-bond donors (Lipinski definition) is 1. The van der Waals surface area contributed by atoms with Crippen molar-refractivity contribution in [2.45, 2.75) is 39.2 Å². The van der Waals surface area contributed by atoms with E-state index in [4.69, 9.17) is 0 Å². The maximum absolute atomic E-state index is 12.8. The van der Waals surface area contributed by atoms with Gasteiger partial charge in [0.25, 0.3) is 10.2 Å². The van der Waals surface area contributed by atoms with Gasteiger partial charge in [0, 0.05) is 32.2 Å². The third-order valence-corrected chi connectivity index (χ3v) is 6.96. The molecule has 4 atom stereocenters. The molecule has 3 saturated heterocycles. The Labute approximate surface area is 122 Å². The Morgan fingerprint density at radius 3 is 2.30 bits per heavy atom. The first-order valence-corrected chi connectivity index (χ1v) is 9.35. The predicted molar refractivity (Wildman–Crippen MR) is 79.5 cm³/mol. The second-order valence-corrected chi connectivity index (χ2v) is 8.98. The third kappa shape index (κ3) is 2.75. The predicted octanol–water partition coefficient (Wildman–Crippen LogP) is 0.893. The van der Waals surface area contributed by atoms with Crippen LogP contribution in [0.5, 0.6) is 0 Å². The summed E-state index contributed by atoms with van der Waals surface area (Å²) in [5, 5.41) is 3.48. The standard InChI is InChI=1S/C14H27N3O2S/c1-11-6-12(2)8-16(7-11)20(18,19)17-9-13-4-3-5-15-14(13)10-17/h11-15H,3-10H2,1-2H3/t11?,12?,13-,14+/m0/s1. The lowest BCUT2D eigenvalue weighted by molar-refractivity contribution is 0.211. The summed E-state index contributed by atoms with van der Waals surface area (Å²) in [4.78, 5) is 0. The average Bonchev–Trinajstić information content (AvgIpc) is 2.82. The highest BCUT2D eigenvalue weighted by molar-refractivity contribution is 7.86. The molecule has 0 amide bonds. The van der Waals surface area contributed by atoms with Crippen molar-refractivity contribution in [1.29, 1.82) is 0 Å². The number of nitrogens with one attached hydrogen (secondary N) is 1. The van der Waals surface area contributed by atoms with E-state index in [0.717, 1.165) is 19.4 Å². The molecule has 0 bridgehead atoms. The van der Waals surface area contributed by atoms with Crippen molar-refractivity contribution < 1.29 is 8.42 Å². The van der Waals surface area contributed by atoms with Gasteiger partial charge in [-0.3, -0.25) is 0 Å². The Balaban J connectivity index is 1.72. The van der Waals surface area contributed by atoms with Crippen LogP contribution in [0.2, 0.25) is 0 Å². The van der Waals surface area contributed by atoms with Crippen LogP contribution < -0.4 is 5.32 Å². The van der Waals surface area contributed by atoms with Crippen LogP contribution in [0.15, 0.2) is 0 Å². The van der Waals surface area contributed by atoms with Gasteiger partial charge in [0.15, 0.2) is 0 Å². The SMILES string of the molecule is CC1CC(C)CN(S(=O)(=O)N2C[C@@H]3CCCN[C@@H]3C2)C1. The summed E-state index contributed by atoms with van der Waals surface area (Å²) in [5.41, 5.74) is 0. The van der Waals surface area contributed by atoms with Crippen LogP contribution in [0.25, 0.3) is 0 Å². The molecule has 0 aromatic carbocycles. The summed E-state index contributed by atoms with van der Waals surface area (Å²) < 4.78 is 29.1. The molecule has 0 radical (unpaired) electrons. The van der Waals surface area contributed by atoms with E-state index >= 15 is 0 Å². The van der Waals surface area contributed by atoms with Gasteiger partial charge in [-0.15, -0.1) is 0 Å². The second kappa shape index (κ2) is 5.55. The van der Waals surface area contributed by atoms with Crippen molar-refractivity contribution in [1.82, 2.24) is 13.9 Å². The molecule has 1 N–H and O–H groups in total. The van der Waals surface area contributed by atoms with E-state index in [1.165, 1.54) is 6.42 Å². The highest BCUT2D eigenvalue weighted by Gasteiger charge is 2.43. The molecule has 0 aromatic rings. The molecule has 3 rings (SSSR count). The second-order valence-electron chi connectivity index (χ2n) is 7.05. The Kier molecular flexibility index (Phi) is 4.10. The molecule has 2 unspecified atom stereocenters. The maximum atomic E-state index is 12.8. The highest BCUT2D eigenvalue weighted by atomic mass is 32.2. The van der Waals surface area contributed by atoms with Crippen LogP contribution >= 0.6 is 0 Å². The fraction of sp³-hybridized carbons (Fsp3) is 1.00. The Morgan fingerprint density at radius 2 is 1.65 bits per heavy atom. The summed E-state index contributed by atoms with van der Waals surface area (Å²) in [6.07, 6.45) is 3.47. The fourth-order valence-corrected chi connectivity index (χ4v) is 6.09. The van der Waals surface area contributed by atoms with Crippen LogP contribution in [0.1, 0.15) is 33.1 Å².